The number of aryl methyl sites for hydroxylation is 2. The molecule has 0 aliphatic heterocycles. The molecule has 102 valence electrons. The highest BCUT2D eigenvalue weighted by molar-refractivity contribution is 9.10. The molecule has 1 atom stereocenters. The minimum absolute atomic E-state index is 0.0493. The topological polar surface area (TPSA) is 47.3 Å². The number of ether oxygens (including phenoxy) is 1. The number of hydrogen-bond donors (Lipinski definition) is 1. The number of aromatic nitrogens is 1. The van der Waals surface area contributed by atoms with Crippen LogP contribution in [-0.2, 0) is 4.74 Å². The molecular weight excluding hydrogens is 308 g/mol. The van der Waals surface area contributed by atoms with Crippen LogP contribution in [-0.4, -0.2) is 18.7 Å². The molecule has 0 aliphatic rings. The Balaban J connectivity index is 2.18. The van der Waals surface area contributed by atoms with E-state index >= 15 is 0 Å². The highest BCUT2D eigenvalue weighted by atomic mass is 79.9. The lowest BCUT2D eigenvalue weighted by Crippen LogP contribution is -2.16. The first-order valence-electron chi connectivity index (χ1n) is 6.04. The quantitative estimate of drug-likeness (QED) is 0.907. The highest BCUT2D eigenvalue weighted by Crippen LogP contribution is 2.23. The van der Waals surface area contributed by atoms with E-state index in [1.165, 1.54) is 0 Å². The Hall–Kier alpha value is -1.33. The predicted octanol–water partition coefficient (Wildman–Crippen LogP) is 3.85. The third kappa shape index (κ3) is 3.58. The highest BCUT2D eigenvalue weighted by Gasteiger charge is 2.15. The molecule has 1 N–H and O–H groups in total. The zero-order chi connectivity index (χ0) is 13.8. The van der Waals surface area contributed by atoms with Crippen molar-refractivity contribution in [1.82, 2.24) is 4.98 Å². The molecule has 0 aliphatic carbocycles. The van der Waals surface area contributed by atoms with Gasteiger partial charge in [-0.05, 0) is 53.5 Å². The van der Waals surface area contributed by atoms with Crippen LogP contribution in [0.15, 0.2) is 33.3 Å². The number of pyridine rings is 1. The van der Waals surface area contributed by atoms with Crippen molar-refractivity contribution < 1.29 is 9.15 Å². The first kappa shape index (κ1) is 14.1. The van der Waals surface area contributed by atoms with E-state index in [4.69, 9.17) is 9.15 Å². The average Bonchev–Trinajstić information content (AvgIpc) is 2.80. The minimum atomic E-state index is -0.0493. The molecule has 19 heavy (non-hydrogen) atoms. The molecule has 1 unspecified atom stereocenters. The van der Waals surface area contributed by atoms with Gasteiger partial charge in [0, 0.05) is 17.8 Å². The van der Waals surface area contributed by atoms with Crippen molar-refractivity contribution in [3.63, 3.8) is 0 Å². The van der Waals surface area contributed by atoms with Crippen molar-refractivity contribution in [1.29, 1.82) is 0 Å². The molecule has 2 rings (SSSR count). The molecule has 0 aromatic carbocycles. The summed E-state index contributed by atoms with van der Waals surface area (Å²) in [7, 11) is 1.67. The Bertz CT molecular complexity index is 554. The number of furan rings is 1. The summed E-state index contributed by atoms with van der Waals surface area (Å²) in [5, 5.41) is 3.33. The Labute approximate surface area is 121 Å². The van der Waals surface area contributed by atoms with Crippen LogP contribution in [0.3, 0.4) is 0 Å². The van der Waals surface area contributed by atoms with E-state index in [9.17, 15) is 0 Å². The first-order valence-corrected chi connectivity index (χ1v) is 6.83. The van der Waals surface area contributed by atoms with E-state index in [0.29, 0.717) is 6.61 Å². The second-order valence-corrected chi connectivity index (χ2v) is 5.27. The molecule has 0 fully saturated rings. The lowest BCUT2D eigenvalue weighted by Gasteiger charge is -2.16. The van der Waals surface area contributed by atoms with Crippen LogP contribution in [0.5, 0.6) is 0 Å². The van der Waals surface area contributed by atoms with Crippen LogP contribution in [0.25, 0.3) is 0 Å². The van der Waals surface area contributed by atoms with E-state index in [1.54, 1.807) is 13.3 Å². The summed E-state index contributed by atoms with van der Waals surface area (Å²) >= 11 is 3.44. The molecular formula is C14H17BrN2O2. The van der Waals surface area contributed by atoms with Gasteiger partial charge in [-0.15, -0.1) is 0 Å². The largest absolute Gasteiger partial charge is 0.464 e. The number of hydrogen-bond acceptors (Lipinski definition) is 4. The monoisotopic (exact) mass is 324 g/mol. The van der Waals surface area contributed by atoms with E-state index in [-0.39, 0.29) is 6.04 Å². The number of halogens is 1. The molecule has 0 bridgehead atoms. The summed E-state index contributed by atoms with van der Waals surface area (Å²) in [6.45, 7) is 4.47. The number of anilines is 1. The van der Waals surface area contributed by atoms with Crippen LogP contribution in [0, 0.1) is 13.8 Å². The van der Waals surface area contributed by atoms with E-state index < -0.39 is 0 Å². The summed E-state index contributed by atoms with van der Waals surface area (Å²) in [5.41, 5.74) is 1.13. The van der Waals surface area contributed by atoms with Gasteiger partial charge in [-0.3, -0.25) is 0 Å². The zero-order valence-corrected chi connectivity index (χ0v) is 12.8. The Morgan fingerprint density at radius 1 is 1.42 bits per heavy atom. The molecule has 2 heterocycles. The van der Waals surface area contributed by atoms with E-state index in [0.717, 1.165) is 27.4 Å². The van der Waals surface area contributed by atoms with Gasteiger partial charge in [0.25, 0.3) is 0 Å². The standard InChI is InChI=1S/C14H17BrN2O2/c1-9-6-14(16-7-11(9)15)17-12(8-18-3)13-5-4-10(2)19-13/h4-7,12H,8H2,1-3H3,(H,16,17). The fourth-order valence-corrected chi connectivity index (χ4v) is 2.02. The number of nitrogens with zero attached hydrogens (tertiary/aromatic N) is 1. The average molecular weight is 325 g/mol. The number of methoxy groups -OCH3 is 1. The summed E-state index contributed by atoms with van der Waals surface area (Å²) in [4.78, 5) is 4.34. The van der Waals surface area contributed by atoms with Crippen molar-refractivity contribution in [2.75, 3.05) is 19.0 Å². The summed E-state index contributed by atoms with van der Waals surface area (Å²) in [6.07, 6.45) is 1.79. The third-order valence-electron chi connectivity index (χ3n) is 2.81. The second kappa shape index (κ2) is 6.21. The van der Waals surface area contributed by atoms with Gasteiger partial charge in [-0.25, -0.2) is 4.98 Å². The number of rotatable bonds is 5. The Kier molecular flexibility index (Phi) is 4.61. The van der Waals surface area contributed by atoms with Crippen LogP contribution in [0.4, 0.5) is 5.82 Å². The SMILES string of the molecule is COCC(Nc1cc(C)c(Br)cn1)c1ccc(C)o1. The molecule has 5 heteroatoms. The van der Waals surface area contributed by atoms with Crippen molar-refractivity contribution in [2.45, 2.75) is 19.9 Å². The molecule has 0 saturated carbocycles. The maximum atomic E-state index is 5.64. The van der Waals surface area contributed by atoms with Crippen LogP contribution in [0.2, 0.25) is 0 Å². The number of nitrogens with one attached hydrogen (secondary N) is 1. The minimum Gasteiger partial charge on any atom is -0.464 e. The van der Waals surface area contributed by atoms with Gasteiger partial charge in [0.1, 0.15) is 23.4 Å². The van der Waals surface area contributed by atoms with Crippen LogP contribution >= 0.6 is 15.9 Å². The van der Waals surface area contributed by atoms with Gasteiger partial charge in [0.05, 0.1) is 6.61 Å². The van der Waals surface area contributed by atoms with E-state index in [1.807, 2.05) is 32.0 Å². The molecule has 4 nitrogen and oxygen atoms in total. The van der Waals surface area contributed by atoms with Gasteiger partial charge < -0.3 is 14.5 Å². The molecule has 0 spiro atoms. The lowest BCUT2D eigenvalue weighted by atomic mass is 10.2. The van der Waals surface area contributed by atoms with Crippen molar-refractivity contribution in [3.05, 3.63) is 46.0 Å². The van der Waals surface area contributed by atoms with Crippen molar-refractivity contribution in [3.8, 4) is 0 Å². The van der Waals surface area contributed by atoms with Crippen molar-refractivity contribution in [2.24, 2.45) is 0 Å². The van der Waals surface area contributed by atoms with E-state index in [2.05, 4.69) is 26.2 Å². The molecule has 0 saturated heterocycles. The second-order valence-electron chi connectivity index (χ2n) is 4.42. The summed E-state index contributed by atoms with van der Waals surface area (Å²) < 4.78 is 11.9. The smallest absolute Gasteiger partial charge is 0.128 e. The van der Waals surface area contributed by atoms with Gasteiger partial charge in [0.2, 0.25) is 0 Å². The molecule has 0 amide bonds. The van der Waals surface area contributed by atoms with Gasteiger partial charge >= 0.3 is 0 Å². The fraction of sp³-hybridized carbons (Fsp3) is 0.357. The van der Waals surface area contributed by atoms with Gasteiger partial charge in [0.15, 0.2) is 0 Å². The Morgan fingerprint density at radius 2 is 2.21 bits per heavy atom. The Morgan fingerprint density at radius 3 is 2.79 bits per heavy atom. The first-order chi connectivity index (χ1) is 9.10. The fourth-order valence-electron chi connectivity index (χ4n) is 1.80. The summed E-state index contributed by atoms with van der Waals surface area (Å²) in [5.74, 6) is 2.54. The van der Waals surface area contributed by atoms with Crippen molar-refractivity contribution >= 4 is 21.7 Å². The summed E-state index contributed by atoms with van der Waals surface area (Å²) in [6, 6.07) is 5.84. The third-order valence-corrected chi connectivity index (χ3v) is 3.64. The predicted molar refractivity (Wildman–Crippen MR) is 78.4 cm³/mol. The molecule has 0 radical (unpaired) electrons. The molecule has 2 aromatic heterocycles. The van der Waals surface area contributed by atoms with Gasteiger partial charge in [-0.2, -0.15) is 0 Å². The zero-order valence-electron chi connectivity index (χ0n) is 11.2. The maximum Gasteiger partial charge on any atom is 0.128 e. The van der Waals surface area contributed by atoms with Crippen LogP contribution < -0.4 is 5.32 Å². The normalized spacial score (nSPS) is 12.4. The molecule has 2 aromatic rings. The maximum absolute atomic E-state index is 5.64. The van der Waals surface area contributed by atoms with Crippen LogP contribution in [0.1, 0.15) is 23.1 Å². The lowest BCUT2D eigenvalue weighted by molar-refractivity contribution is 0.178. The van der Waals surface area contributed by atoms with Gasteiger partial charge in [-0.1, -0.05) is 0 Å².